The molecule has 4 nitrogen and oxygen atoms in total. The largest absolute Gasteiger partial charge is 0.292 e. The molecule has 3 rings (SSSR count). The van der Waals surface area contributed by atoms with Crippen molar-refractivity contribution in [3.8, 4) is 0 Å². The standard InChI is InChI=1S/C20H20FN3O/c21-18-12-10-17(11-13-18)20(25)19(24-15-22-14-23-24)9-5-4-8-16-6-2-1-3-7-16/h1-3,6-7,10-15,19H,4-5,8-9H2. The third-order valence-corrected chi connectivity index (χ3v) is 4.22. The summed E-state index contributed by atoms with van der Waals surface area (Å²) in [6.07, 6.45) is 6.53. The maximum atomic E-state index is 13.1. The average molecular weight is 337 g/mol. The topological polar surface area (TPSA) is 47.8 Å². The predicted octanol–water partition coefficient (Wildman–Crippen LogP) is 4.25. The molecule has 0 aliphatic carbocycles. The van der Waals surface area contributed by atoms with Crippen molar-refractivity contribution >= 4 is 5.78 Å². The van der Waals surface area contributed by atoms with E-state index in [4.69, 9.17) is 0 Å². The van der Waals surface area contributed by atoms with E-state index in [9.17, 15) is 9.18 Å². The van der Waals surface area contributed by atoms with E-state index >= 15 is 0 Å². The van der Waals surface area contributed by atoms with Crippen molar-refractivity contribution < 1.29 is 9.18 Å². The fourth-order valence-electron chi connectivity index (χ4n) is 2.88. The van der Waals surface area contributed by atoms with E-state index < -0.39 is 6.04 Å². The molecule has 1 unspecified atom stereocenters. The summed E-state index contributed by atoms with van der Waals surface area (Å²) in [5.41, 5.74) is 1.79. The van der Waals surface area contributed by atoms with Crippen LogP contribution in [0.25, 0.3) is 0 Å². The summed E-state index contributed by atoms with van der Waals surface area (Å²) < 4.78 is 14.7. The number of nitrogens with zero attached hydrogens (tertiary/aromatic N) is 3. The Kier molecular flexibility index (Phi) is 5.67. The molecular formula is C20H20FN3O. The quantitative estimate of drug-likeness (QED) is 0.456. The SMILES string of the molecule is O=C(c1ccc(F)cc1)C(CCCCc1ccccc1)n1cncn1. The van der Waals surface area contributed by atoms with Crippen LogP contribution < -0.4 is 0 Å². The van der Waals surface area contributed by atoms with E-state index in [-0.39, 0.29) is 11.6 Å². The molecule has 1 aromatic heterocycles. The van der Waals surface area contributed by atoms with Crippen molar-refractivity contribution in [3.05, 3.63) is 84.2 Å². The molecule has 0 amide bonds. The van der Waals surface area contributed by atoms with Gasteiger partial charge in [-0.1, -0.05) is 36.8 Å². The van der Waals surface area contributed by atoms with E-state index in [1.807, 2.05) is 18.2 Å². The molecule has 0 fully saturated rings. The predicted molar refractivity (Wildman–Crippen MR) is 93.8 cm³/mol. The minimum Gasteiger partial charge on any atom is -0.292 e. The van der Waals surface area contributed by atoms with Crippen LogP contribution in [0.2, 0.25) is 0 Å². The first-order valence-corrected chi connectivity index (χ1v) is 8.42. The minimum atomic E-state index is -0.413. The van der Waals surface area contributed by atoms with Gasteiger partial charge < -0.3 is 0 Å². The minimum absolute atomic E-state index is 0.0646. The Morgan fingerprint density at radius 2 is 1.80 bits per heavy atom. The van der Waals surface area contributed by atoms with Crippen LogP contribution in [0, 0.1) is 5.82 Å². The van der Waals surface area contributed by atoms with E-state index in [0.29, 0.717) is 12.0 Å². The van der Waals surface area contributed by atoms with Crippen molar-refractivity contribution in [2.75, 3.05) is 0 Å². The molecule has 5 heteroatoms. The summed E-state index contributed by atoms with van der Waals surface area (Å²) in [6.45, 7) is 0. The van der Waals surface area contributed by atoms with Crippen molar-refractivity contribution in [2.24, 2.45) is 0 Å². The highest BCUT2D eigenvalue weighted by Gasteiger charge is 2.22. The normalized spacial score (nSPS) is 12.0. The first kappa shape index (κ1) is 17.0. The Balaban J connectivity index is 1.64. The number of Topliss-reactive ketones (excluding diaryl/α,β-unsaturated/α-hetero) is 1. The zero-order valence-corrected chi connectivity index (χ0v) is 13.9. The van der Waals surface area contributed by atoms with E-state index in [2.05, 4.69) is 22.2 Å². The molecule has 3 aromatic rings. The van der Waals surface area contributed by atoms with Crippen LogP contribution in [0.5, 0.6) is 0 Å². The van der Waals surface area contributed by atoms with Gasteiger partial charge in [-0.3, -0.25) is 4.79 Å². The van der Waals surface area contributed by atoms with E-state index in [1.165, 1.54) is 36.2 Å². The number of hydrogen-bond acceptors (Lipinski definition) is 3. The Hall–Kier alpha value is -2.82. The van der Waals surface area contributed by atoms with E-state index in [0.717, 1.165) is 19.3 Å². The molecule has 0 aliphatic rings. The van der Waals surface area contributed by atoms with Crippen LogP contribution >= 0.6 is 0 Å². The monoisotopic (exact) mass is 337 g/mol. The summed E-state index contributed by atoms with van der Waals surface area (Å²) in [5, 5.41) is 4.13. The van der Waals surface area contributed by atoms with Gasteiger partial charge in [-0.2, -0.15) is 5.10 Å². The third-order valence-electron chi connectivity index (χ3n) is 4.22. The first-order valence-electron chi connectivity index (χ1n) is 8.42. The van der Waals surface area contributed by atoms with Gasteiger partial charge in [0.2, 0.25) is 0 Å². The number of rotatable bonds is 8. The van der Waals surface area contributed by atoms with Crippen molar-refractivity contribution in [3.63, 3.8) is 0 Å². The Bertz CT molecular complexity index is 786. The summed E-state index contributed by atoms with van der Waals surface area (Å²) in [4.78, 5) is 16.8. The Labute approximate surface area is 146 Å². The van der Waals surface area contributed by atoms with Gasteiger partial charge in [0.25, 0.3) is 0 Å². The summed E-state index contributed by atoms with van der Waals surface area (Å²) in [6, 6.07) is 15.5. The highest BCUT2D eigenvalue weighted by atomic mass is 19.1. The number of unbranched alkanes of at least 4 members (excludes halogenated alkanes) is 1. The molecule has 0 saturated carbocycles. The fraction of sp³-hybridized carbons (Fsp3) is 0.250. The molecule has 2 aromatic carbocycles. The second-order valence-corrected chi connectivity index (χ2v) is 5.99. The molecule has 1 atom stereocenters. The van der Waals surface area contributed by atoms with Crippen LogP contribution in [0.3, 0.4) is 0 Å². The number of ketones is 1. The van der Waals surface area contributed by atoms with Gasteiger partial charge in [-0.05, 0) is 49.1 Å². The highest BCUT2D eigenvalue weighted by Crippen LogP contribution is 2.21. The third kappa shape index (κ3) is 4.59. The molecule has 0 saturated heterocycles. The second-order valence-electron chi connectivity index (χ2n) is 5.99. The summed E-state index contributed by atoms with van der Waals surface area (Å²) in [5.74, 6) is -0.415. The maximum Gasteiger partial charge on any atom is 0.187 e. The lowest BCUT2D eigenvalue weighted by Gasteiger charge is -2.16. The zero-order chi connectivity index (χ0) is 17.5. The van der Waals surface area contributed by atoms with Crippen molar-refractivity contribution in [2.45, 2.75) is 31.7 Å². The zero-order valence-electron chi connectivity index (χ0n) is 13.9. The highest BCUT2D eigenvalue weighted by molar-refractivity contribution is 5.98. The number of carbonyl (C=O) groups is 1. The molecule has 0 radical (unpaired) electrons. The lowest BCUT2D eigenvalue weighted by Crippen LogP contribution is -2.20. The van der Waals surface area contributed by atoms with Crippen LogP contribution in [-0.4, -0.2) is 20.5 Å². The second kappa shape index (κ2) is 8.33. The van der Waals surface area contributed by atoms with Gasteiger partial charge in [0.1, 0.15) is 24.5 Å². The first-order chi connectivity index (χ1) is 12.2. The molecular weight excluding hydrogens is 317 g/mol. The lowest BCUT2D eigenvalue weighted by molar-refractivity contribution is 0.0908. The molecule has 128 valence electrons. The van der Waals surface area contributed by atoms with Gasteiger partial charge in [0.05, 0.1) is 0 Å². The van der Waals surface area contributed by atoms with Crippen molar-refractivity contribution in [1.29, 1.82) is 0 Å². The summed E-state index contributed by atoms with van der Waals surface area (Å²) >= 11 is 0. The molecule has 25 heavy (non-hydrogen) atoms. The van der Waals surface area contributed by atoms with Gasteiger partial charge in [0.15, 0.2) is 5.78 Å². The number of aryl methyl sites for hydroxylation is 1. The van der Waals surface area contributed by atoms with Crippen LogP contribution in [0.15, 0.2) is 67.3 Å². The van der Waals surface area contributed by atoms with Gasteiger partial charge in [-0.25, -0.2) is 14.1 Å². The van der Waals surface area contributed by atoms with Crippen molar-refractivity contribution in [1.82, 2.24) is 14.8 Å². The molecule has 1 heterocycles. The van der Waals surface area contributed by atoms with Crippen LogP contribution in [0.1, 0.15) is 41.2 Å². The number of carbonyl (C=O) groups excluding carboxylic acids is 1. The Morgan fingerprint density at radius 1 is 1.04 bits per heavy atom. The average Bonchev–Trinajstić information content (AvgIpc) is 3.17. The smallest absolute Gasteiger partial charge is 0.187 e. The van der Waals surface area contributed by atoms with Gasteiger partial charge in [-0.15, -0.1) is 0 Å². The molecule has 0 N–H and O–H groups in total. The number of hydrogen-bond donors (Lipinski definition) is 0. The van der Waals surface area contributed by atoms with Crippen LogP contribution in [-0.2, 0) is 6.42 Å². The fourth-order valence-corrected chi connectivity index (χ4v) is 2.88. The molecule has 0 spiro atoms. The number of halogens is 1. The molecule has 0 bridgehead atoms. The Morgan fingerprint density at radius 3 is 2.48 bits per heavy atom. The lowest BCUT2D eigenvalue weighted by atomic mass is 9.98. The van der Waals surface area contributed by atoms with Crippen LogP contribution in [0.4, 0.5) is 4.39 Å². The van der Waals surface area contributed by atoms with Gasteiger partial charge >= 0.3 is 0 Å². The van der Waals surface area contributed by atoms with E-state index in [1.54, 1.807) is 11.0 Å². The number of aromatic nitrogens is 3. The molecule has 0 aliphatic heterocycles. The number of benzene rings is 2. The maximum absolute atomic E-state index is 13.1. The summed E-state index contributed by atoms with van der Waals surface area (Å²) in [7, 11) is 0. The van der Waals surface area contributed by atoms with Gasteiger partial charge in [0, 0.05) is 5.56 Å².